The Balaban J connectivity index is 2.58. The van der Waals surface area contributed by atoms with Crippen LogP contribution in [0.25, 0.3) is 0 Å². The Bertz CT molecular complexity index is 142. The SMILES string of the molecule is CC(C)N1N=CN(C)C1C. The normalized spacial score (nSPS) is 25.1. The van der Waals surface area contributed by atoms with Crippen molar-refractivity contribution in [3.63, 3.8) is 0 Å². The second-order valence-corrected chi connectivity index (χ2v) is 3.00. The molecule has 0 saturated carbocycles. The van der Waals surface area contributed by atoms with Crippen molar-refractivity contribution >= 4 is 6.34 Å². The van der Waals surface area contributed by atoms with Crippen LogP contribution in [0.1, 0.15) is 20.8 Å². The first kappa shape index (κ1) is 7.38. The van der Waals surface area contributed by atoms with E-state index in [0.717, 1.165) is 0 Å². The van der Waals surface area contributed by atoms with Crippen LogP contribution in [-0.2, 0) is 0 Å². The number of hydrogen-bond acceptors (Lipinski definition) is 3. The summed E-state index contributed by atoms with van der Waals surface area (Å²) in [6.45, 7) is 6.44. The molecule has 58 valence electrons. The molecule has 0 aromatic heterocycles. The smallest absolute Gasteiger partial charge is 0.116 e. The summed E-state index contributed by atoms with van der Waals surface area (Å²) in [5.74, 6) is 0. The van der Waals surface area contributed by atoms with Crippen LogP contribution in [0.2, 0.25) is 0 Å². The molecule has 0 saturated heterocycles. The van der Waals surface area contributed by atoms with E-state index < -0.39 is 0 Å². The molecule has 0 radical (unpaired) electrons. The highest BCUT2D eigenvalue weighted by Crippen LogP contribution is 2.12. The quantitative estimate of drug-likeness (QED) is 0.541. The summed E-state index contributed by atoms with van der Waals surface area (Å²) >= 11 is 0. The average Bonchev–Trinajstić information content (AvgIpc) is 2.14. The molecule has 3 nitrogen and oxygen atoms in total. The third-order valence-corrected chi connectivity index (χ3v) is 1.87. The number of nitrogens with zero attached hydrogens (tertiary/aromatic N) is 3. The van der Waals surface area contributed by atoms with Gasteiger partial charge in [-0.3, -0.25) is 5.01 Å². The van der Waals surface area contributed by atoms with Gasteiger partial charge in [-0.25, -0.2) is 0 Å². The van der Waals surface area contributed by atoms with Crippen molar-refractivity contribution in [2.75, 3.05) is 7.05 Å². The van der Waals surface area contributed by atoms with Crippen molar-refractivity contribution in [2.24, 2.45) is 5.10 Å². The van der Waals surface area contributed by atoms with E-state index in [9.17, 15) is 0 Å². The topological polar surface area (TPSA) is 18.8 Å². The summed E-state index contributed by atoms with van der Waals surface area (Å²) in [5.41, 5.74) is 0. The van der Waals surface area contributed by atoms with Crippen LogP contribution in [0.15, 0.2) is 5.10 Å². The Morgan fingerprint density at radius 3 is 2.30 bits per heavy atom. The zero-order valence-corrected chi connectivity index (χ0v) is 7.07. The van der Waals surface area contributed by atoms with E-state index in [1.54, 1.807) is 0 Å². The van der Waals surface area contributed by atoms with E-state index in [1.165, 1.54) is 0 Å². The zero-order chi connectivity index (χ0) is 7.72. The Morgan fingerprint density at radius 2 is 2.10 bits per heavy atom. The first-order chi connectivity index (χ1) is 4.63. The summed E-state index contributed by atoms with van der Waals surface area (Å²) in [6, 6.07) is 0.496. The lowest BCUT2D eigenvalue weighted by Gasteiger charge is -2.27. The third-order valence-electron chi connectivity index (χ3n) is 1.87. The Labute approximate surface area is 62.3 Å². The van der Waals surface area contributed by atoms with Gasteiger partial charge in [0.15, 0.2) is 0 Å². The summed E-state index contributed by atoms with van der Waals surface area (Å²) in [5, 5.41) is 6.31. The minimum Gasteiger partial charge on any atom is -0.343 e. The van der Waals surface area contributed by atoms with Crippen molar-refractivity contribution in [1.82, 2.24) is 9.91 Å². The number of hydrazone groups is 1. The maximum atomic E-state index is 4.23. The average molecular weight is 141 g/mol. The van der Waals surface area contributed by atoms with Crippen molar-refractivity contribution < 1.29 is 0 Å². The molecule has 0 aromatic rings. The molecule has 1 aliphatic rings. The molecule has 3 heteroatoms. The molecule has 0 fully saturated rings. The zero-order valence-electron chi connectivity index (χ0n) is 7.07. The van der Waals surface area contributed by atoms with E-state index >= 15 is 0 Å². The maximum Gasteiger partial charge on any atom is 0.116 e. The predicted molar refractivity (Wildman–Crippen MR) is 42.7 cm³/mol. The van der Waals surface area contributed by atoms with Gasteiger partial charge < -0.3 is 4.90 Å². The molecule has 1 heterocycles. The first-order valence-electron chi connectivity index (χ1n) is 3.67. The van der Waals surface area contributed by atoms with Crippen molar-refractivity contribution in [3.8, 4) is 0 Å². The van der Waals surface area contributed by atoms with Gasteiger partial charge in [0.2, 0.25) is 0 Å². The molecule has 0 amide bonds. The maximum absolute atomic E-state index is 4.23. The Hall–Kier alpha value is -0.730. The lowest BCUT2D eigenvalue weighted by Crippen LogP contribution is -2.38. The van der Waals surface area contributed by atoms with Crippen molar-refractivity contribution in [1.29, 1.82) is 0 Å². The summed E-state index contributed by atoms with van der Waals surface area (Å²) in [6.07, 6.45) is 2.28. The fourth-order valence-corrected chi connectivity index (χ4v) is 1.09. The lowest BCUT2D eigenvalue weighted by molar-refractivity contribution is 0.127. The third kappa shape index (κ3) is 1.08. The molecular formula is C7H15N3. The highest BCUT2D eigenvalue weighted by molar-refractivity contribution is 5.56. The monoisotopic (exact) mass is 141 g/mol. The predicted octanol–water partition coefficient (Wildman–Crippen LogP) is 0.932. The fourth-order valence-electron chi connectivity index (χ4n) is 1.09. The Kier molecular flexibility index (Phi) is 1.83. The van der Waals surface area contributed by atoms with Crippen molar-refractivity contribution in [2.45, 2.75) is 33.0 Å². The molecule has 10 heavy (non-hydrogen) atoms. The molecule has 1 rings (SSSR count). The summed E-state index contributed by atoms with van der Waals surface area (Å²) in [4.78, 5) is 2.10. The Morgan fingerprint density at radius 1 is 1.50 bits per heavy atom. The number of rotatable bonds is 1. The van der Waals surface area contributed by atoms with Gasteiger partial charge in [-0.1, -0.05) is 0 Å². The molecule has 1 unspecified atom stereocenters. The standard InChI is InChI=1S/C7H15N3/c1-6(2)10-7(3)9(4)5-8-10/h5-7H,1-4H3. The second kappa shape index (κ2) is 2.48. The largest absolute Gasteiger partial charge is 0.343 e. The molecule has 1 atom stereocenters. The molecular weight excluding hydrogens is 126 g/mol. The van der Waals surface area contributed by atoms with E-state index in [4.69, 9.17) is 0 Å². The van der Waals surface area contributed by atoms with Gasteiger partial charge in [0.25, 0.3) is 0 Å². The van der Waals surface area contributed by atoms with Gasteiger partial charge in [0.1, 0.15) is 12.5 Å². The molecule has 0 bridgehead atoms. The van der Waals surface area contributed by atoms with Crippen LogP contribution in [0.4, 0.5) is 0 Å². The van der Waals surface area contributed by atoms with Gasteiger partial charge in [-0.05, 0) is 20.8 Å². The fraction of sp³-hybridized carbons (Fsp3) is 0.857. The molecule has 0 spiro atoms. The molecule has 0 aromatic carbocycles. The van der Waals surface area contributed by atoms with Gasteiger partial charge >= 0.3 is 0 Å². The van der Waals surface area contributed by atoms with E-state index in [2.05, 4.69) is 35.8 Å². The van der Waals surface area contributed by atoms with E-state index in [-0.39, 0.29) is 0 Å². The van der Waals surface area contributed by atoms with E-state index in [0.29, 0.717) is 12.2 Å². The lowest BCUT2D eigenvalue weighted by atomic mass is 10.3. The molecule has 0 N–H and O–H groups in total. The van der Waals surface area contributed by atoms with Gasteiger partial charge in [-0.15, -0.1) is 0 Å². The minimum atomic E-state index is 0.417. The van der Waals surface area contributed by atoms with Gasteiger partial charge in [0, 0.05) is 13.1 Å². The molecule has 1 aliphatic heterocycles. The van der Waals surface area contributed by atoms with Crippen LogP contribution in [0, 0.1) is 0 Å². The van der Waals surface area contributed by atoms with Crippen LogP contribution in [0.5, 0.6) is 0 Å². The first-order valence-corrected chi connectivity index (χ1v) is 3.67. The second-order valence-electron chi connectivity index (χ2n) is 3.00. The summed E-state index contributed by atoms with van der Waals surface area (Å²) < 4.78 is 0. The minimum absolute atomic E-state index is 0.417. The highest BCUT2D eigenvalue weighted by atomic mass is 15.6. The van der Waals surface area contributed by atoms with E-state index in [1.807, 2.05) is 13.4 Å². The van der Waals surface area contributed by atoms with Crippen LogP contribution >= 0.6 is 0 Å². The van der Waals surface area contributed by atoms with Crippen molar-refractivity contribution in [3.05, 3.63) is 0 Å². The van der Waals surface area contributed by atoms with Crippen LogP contribution < -0.4 is 0 Å². The number of hydrogen-bond donors (Lipinski definition) is 0. The van der Waals surface area contributed by atoms with Gasteiger partial charge in [0.05, 0.1) is 0 Å². The molecule has 0 aliphatic carbocycles. The van der Waals surface area contributed by atoms with Crippen LogP contribution in [-0.4, -0.2) is 35.5 Å². The van der Waals surface area contributed by atoms with Crippen LogP contribution in [0.3, 0.4) is 0 Å². The summed E-state index contributed by atoms with van der Waals surface area (Å²) in [7, 11) is 2.04. The van der Waals surface area contributed by atoms with Gasteiger partial charge in [-0.2, -0.15) is 5.10 Å². The highest BCUT2D eigenvalue weighted by Gasteiger charge is 2.21.